The Kier molecular flexibility index (Phi) is 2.64. The average molecular weight is 221 g/mol. The van der Waals surface area contributed by atoms with Crippen LogP contribution in [0.1, 0.15) is 25.7 Å². The van der Waals surface area contributed by atoms with E-state index >= 15 is 0 Å². The van der Waals surface area contributed by atoms with E-state index in [-0.39, 0.29) is 12.5 Å². The number of amides is 1. The lowest BCUT2D eigenvalue weighted by Gasteiger charge is -2.22. The van der Waals surface area contributed by atoms with Crippen molar-refractivity contribution in [2.24, 2.45) is 17.8 Å². The summed E-state index contributed by atoms with van der Waals surface area (Å²) in [5.41, 5.74) is 0. The SMILES string of the molecule is O=C(NC[C@H]1C[C@H]2CC[C@H]1C2)C(F)(F)F. The van der Waals surface area contributed by atoms with Crippen LogP contribution in [0.2, 0.25) is 0 Å². The first-order chi connectivity index (χ1) is 6.97. The van der Waals surface area contributed by atoms with Gasteiger partial charge in [-0.1, -0.05) is 6.42 Å². The van der Waals surface area contributed by atoms with Gasteiger partial charge in [-0.15, -0.1) is 0 Å². The zero-order chi connectivity index (χ0) is 11.1. The molecule has 0 aromatic carbocycles. The van der Waals surface area contributed by atoms with Crippen molar-refractivity contribution < 1.29 is 18.0 Å². The normalized spacial score (nSPS) is 34.5. The van der Waals surface area contributed by atoms with Gasteiger partial charge in [0.25, 0.3) is 0 Å². The minimum absolute atomic E-state index is 0.194. The Bertz CT molecular complexity index is 264. The highest BCUT2D eigenvalue weighted by atomic mass is 19.4. The lowest BCUT2D eigenvalue weighted by atomic mass is 9.89. The molecule has 15 heavy (non-hydrogen) atoms. The summed E-state index contributed by atoms with van der Waals surface area (Å²) >= 11 is 0. The largest absolute Gasteiger partial charge is 0.471 e. The Hall–Kier alpha value is -0.740. The van der Waals surface area contributed by atoms with Gasteiger partial charge in [-0.05, 0) is 37.0 Å². The third-order valence-corrected chi connectivity index (χ3v) is 3.67. The second-order valence-electron chi connectivity index (χ2n) is 4.64. The molecule has 2 nitrogen and oxygen atoms in total. The summed E-state index contributed by atoms with van der Waals surface area (Å²) in [6.07, 6.45) is -0.265. The number of rotatable bonds is 2. The fourth-order valence-corrected chi connectivity index (χ4v) is 2.95. The van der Waals surface area contributed by atoms with Crippen LogP contribution in [0.4, 0.5) is 13.2 Å². The van der Waals surface area contributed by atoms with Gasteiger partial charge in [0.15, 0.2) is 0 Å². The third-order valence-electron chi connectivity index (χ3n) is 3.67. The monoisotopic (exact) mass is 221 g/mol. The molecule has 2 aliphatic rings. The predicted molar refractivity (Wildman–Crippen MR) is 48.0 cm³/mol. The van der Waals surface area contributed by atoms with Crippen molar-refractivity contribution in [1.29, 1.82) is 0 Å². The number of halogens is 3. The average Bonchev–Trinajstić information content (AvgIpc) is 2.73. The molecule has 2 bridgehead atoms. The Labute approximate surface area is 86.2 Å². The highest BCUT2D eigenvalue weighted by Crippen LogP contribution is 2.47. The van der Waals surface area contributed by atoms with Crippen LogP contribution < -0.4 is 5.32 Å². The highest BCUT2D eigenvalue weighted by Gasteiger charge is 2.42. The van der Waals surface area contributed by atoms with E-state index < -0.39 is 12.1 Å². The minimum Gasteiger partial charge on any atom is -0.348 e. The van der Waals surface area contributed by atoms with Gasteiger partial charge in [-0.3, -0.25) is 4.79 Å². The van der Waals surface area contributed by atoms with E-state index in [1.807, 2.05) is 5.32 Å². The molecule has 0 aliphatic heterocycles. The molecule has 0 radical (unpaired) electrons. The molecule has 0 heterocycles. The van der Waals surface area contributed by atoms with E-state index in [0.29, 0.717) is 11.8 Å². The van der Waals surface area contributed by atoms with Gasteiger partial charge in [0.1, 0.15) is 0 Å². The van der Waals surface area contributed by atoms with Crippen LogP contribution in [0.15, 0.2) is 0 Å². The number of nitrogens with one attached hydrogen (secondary N) is 1. The molecule has 1 amide bonds. The van der Waals surface area contributed by atoms with E-state index in [9.17, 15) is 18.0 Å². The smallest absolute Gasteiger partial charge is 0.348 e. The number of carbonyl (C=O) groups is 1. The molecule has 2 fully saturated rings. The van der Waals surface area contributed by atoms with Crippen LogP contribution in [-0.2, 0) is 4.79 Å². The zero-order valence-corrected chi connectivity index (χ0v) is 8.31. The molecule has 0 aromatic heterocycles. The van der Waals surface area contributed by atoms with Gasteiger partial charge in [0.05, 0.1) is 0 Å². The molecule has 1 N–H and O–H groups in total. The maximum Gasteiger partial charge on any atom is 0.471 e. The molecule has 0 unspecified atom stereocenters. The molecule has 5 heteroatoms. The van der Waals surface area contributed by atoms with Crippen LogP contribution in [0.5, 0.6) is 0 Å². The molecule has 2 saturated carbocycles. The van der Waals surface area contributed by atoms with Crippen LogP contribution in [0, 0.1) is 17.8 Å². The first kappa shape index (κ1) is 10.8. The van der Waals surface area contributed by atoms with Gasteiger partial charge in [0, 0.05) is 6.54 Å². The van der Waals surface area contributed by atoms with Gasteiger partial charge >= 0.3 is 12.1 Å². The zero-order valence-electron chi connectivity index (χ0n) is 8.31. The van der Waals surface area contributed by atoms with Crippen molar-refractivity contribution in [2.45, 2.75) is 31.9 Å². The van der Waals surface area contributed by atoms with Gasteiger partial charge in [-0.25, -0.2) is 0 Å². The first-order valence-electron chi connectivity index (χ1n) is 5.32. The minimum atomic E-state index is -4.74. The highest BCUT2D eigenvalue weighted by molar-refractivity contribution is 5.81. The van der Waals surface area contributed by atoms with Crippen LogP contribution >= 0.6 is 0 Å². The molecular formula is C10H14F3NO. The Morgan fingerprint density at radius 3 is 2.47 bits per heavy atom. The van der Waals surface area contributed by atoms with E-state index in [1.165, 1.54) is 6.42 Å². The van der Waals surface area contributed by atoms with Crippen molar-refractivity contribution in [3.8, 4) is 0 Å². The van der Waals surface area contributed by atoms with Crippen molar-refractivity contribution in [1.82, 2.24) is 5.32 Å². The first-order valence-corrected chi connectivity index (χ1v) is 5.32. The van der Waals surface area contributed by atoms with Gasteiger partial charge in [0.2, 0.25) is 0 Å². The maximum atomic E-state index is 11.9. The molecule has 0 saturated heterocycles. The van der Waals surface area contributed by atoms with Crippen LogP contribution in [0.25, 0.3) is 0 Å². The van der Waals surface area contributed by atoms with E-state index in [4.69, 9.17) is 0 Å². The second kappa shape index (κ2) is 3.68. The molecule has 0 aromatic rings. The molecule has 3 atom stereocenters. The molecule has 86 valence electrons. The van der Waals surface area contributed by atoms with Crippen molar-refractivity contribution in [2.75, 3.05) is 6.54 Å². The summed E-state index contributed by atoms with van der Waals surface area (Å²) in [6, 6.07) is 0. The van der Waals surface area contributed by atoms with Crippen molar-refractivity contribution in [3.05, 3.63) is 0 Å². The third kappa shape index (κ3) is 2.26. The number of alkyl halides is 3. The molecular weight excluding hydrogens is 207 g/mol. The van der Waals surface area contributed by atoms with Gasteiger partial charge < -0.3 is 5.32 Å². The number of carbonyl (C=O) groups excluding carboxylic acids is 1. The fraction of sp³-hybridized carbons (Fsp3) is 0.900. The summed E-state index contributed by atoms with van der Waals surface area (Å²) < 4.78 is 35.7. The Morgan fingerprint density at radius 1 is 1.27 bits per heavy atom. The summed E-state index contributed by atoms with van der Waals surface area (Å²) in [6.45, 7) is 0.194. The fourth-order valence-electron chi connectivity index (χ4n) is 2.95. The van der Waals surface area contributed by atoms with E-state index in [1.54, 1.807) is 0 Å². The molecule has 2 aliphatic carbocycles. The van der Waals surface area contributed by atoms with Gasteiger partial charge in [-0.2, -0.15) is 13.2 Å². The maximum absolute atomic E-state index is 11.9. The van der Waals surface area contributed by atoms with Crippen molar-refractivity contribution in [3.63, 3.8) is 0 Å². The summed E-state index contributed by atoms with van der Waals surface area (Å²) in [7, 11) is 0. The van der Waals surface area contributed by atoms with E-state index in [2.05, 4.69) is 0 Å². The second-order valence-corrected chi connectivity index (χ2v) is 4.64. The predicted octanol–water partition coefficient (Wildman–Crippen LogP) is 2.10. The topological polar surface area (TPSA) is 29.1 Å². The van der Waals surface area contributed by atoms with Crippen molar-refractivity contribution >= 4 is 5.91 Å². The number of hydrogen-bond donors (Lipinski definition) is 1. The number of fused-ring (bicyclic) bond motifs is 2. The Morgan fingerprint density at radius 2 is 2.00 bits per heavy atom. The standard InChI is InChI=1S/C10H14F3NO/c11-10(12,13)9(15)14-5-8-4-6-1-2-7(8)3-6/h6-8H,1-5H2,(H,14,15)/t6-,7-,8+/m0/s1. The molecule has 0 spiro atoms. The molecule has 2 rings (SSSR count). The lowest BCUT2D eigenvalue weighted by Crippen LogP contribution is -2.40. The summed E-state index contributed by atoms with van der Waals surface area (Å²) in [4.78, 5) is 10.6. The van der Waals surface area contributed by atoms with Crippen LogP contribution in [0.3, 0.4) is 0 Å². The Balaban J connectivity index is 1.77. The quantitative estimate of drug-likeness (QED) is 0.760. The number of hydrogen-bond acceptors (Lipinski definition) is 1. The summed E-state index contributed by atoms with van der Waals surface area (Å²) in [5, 5.41) is 1.99. The lowest BCUT2D eigenvalue weighted by molar-refractivity contribution is -0.173. The van der Waals surface area contributed by atoms with E-state index in [0.717, 1.165) is 19.3 Å². The van der Waals surface area contributed by atoms with Crippen LogP contribution in [-0.4, -0.2) is 18.6 Å². The summed E-state index contributed by atoms with van der Waals surface area (Å²) in [5.74, 6) is -0.286.